The van der Waals surface area contributed by atoms with E-state index in [4.69, 9.17) is 10.8 Å². The van der Waals surface area contributed by atoms with Gasteiger partial charge in [-0.1, -0.05) is 0 Å². The number of halogens is 1. The fourth-order valence-electron chi connectivity index (χ4n) is 1.17. The molecule has 1 aromatic heterocycles. The number of hydrogen-bond acceptors (Lipinski definition) is 3. The first-order chi connectivity index (χ1) is 6.43. The van der Waals surface area contributed by atoms with Crippen LogP contribution in [0.1, 0.15) is 15.3 Å². The van der Waals surface area contributed by atoms with Crippen molar-refractivity contribution in [3.63, 3.8) is 0 Å². The lowest BCUT2D eigenvalue weighted by molar-refractivity contribution is -0.138. The highest BCUT2D eigenvalue weighted by atomic mass is 79.9. The van der Waals surface area contributed by atoms with Crippen LogP contribution in [0.3, 0.4) is 0 Å². The Balaban J connectivity index is 2.87. The second-order valence-electron chi connectivity index (χ2n) is 3.17. The van der Waals surface area contributed by atoms with Gasteiger partial charge in [-0.05, 0) is 35.3 Å². The fourth-order valence-corrected chi connectivity index (χ4v) is 2.92. The molecule has 0 aliphatic heterocycles. The van der Waals surface area contributed by atoms with Crippen LogP contribution in [0, 0.1) is 13.8 Å². The zero-order chi connectivity index (χ0) is 10.9. The van der Waals surface area contributed by atoms with E-state index in [1.165, 1.54) is 0 Å². The van der Waals surface area contributed by atoms with Gasteiger partial charge < -0.3 is 10.8 Å². The first-order valence-corrected chi connectivity index (χ1v) is 5.77. The van der Waals surface area contributed by atoms with Gasteiger partial charge in [0.15, 0.2) is 0 Å². The second kappa shape index (κ2) is 4.42. The number of carbonyl (C=O) groups is 1. The molecule has 3 nitrogen and oxygen atoms in total. The number of rotatable bonds is 3. The predicted octanol–water partition coefficient (Wildman–Crippen LogP) is 2.08. The van der Waals surface area contributed by atoms with Crippen LogP contribution in [0.2, 0.25) is 0 Å². The monoisotopic (exact) mass is 277 g/mol. The number of hydrogen-bond donors (Lipinski definition) is 2. The Morgan fingerprint density at radius 1 is 1.64 bits per heavy atom. The van der Waals surface area contributed by atoms with Crippen LogP contribution in [-0.4, -0.2) is 17.1 Å². The summed E-state index contributed by atoms with van der Waals surface area (Å²) in [6, 6.07) is -0.807. The highest BCUT2D eigenvalue weighted by Crippen LogP contribution is 2.32. The highest BCUT2D eigenvalue weighted by molar-refractivity contribution is 9.10. The molecule has 3 N–H and O–H groups in total. The summed E-state index contributed by atoms with van der Waals surface area (Å²) in [4.78, 5) is 12.8. The third-order valence-corrected chi connectivity index (χ3v) is 4.74. The van der Waals surface area contributed by atoms with Crippen molar-refractivity contribution < 1.29 is 9.90 Å². The number of carboxylic acid groups (broad SMARTS) is 1. The summed E-state index contributed by atoms with van der Waals surface area (Å²) in [6.07, 6.45) is 0.401. The van der Waals surface area contributed by atoms with Crippen molar-refractivity contribution >= 4 is 33.2 Å². The van der Waals surface area contributed by atoms with E-state index in [0.717, 1.165) is 19.8 Å². The lowest BCUT2D eigenvalue weighted by atomic mass is 10.1. The second-order valence-corrected chi connectivity index (χ2v) is 5.27. The Kier molecular flexibility index (Phi) is 3.69. The standard InChI is InChI=1S/C9H12BrNO2S/c1-4-7(3-6(11)9(12)13)14-5(2)8(4)10/h6H,3,11H2,1-2H3,(H,12,13). The molecule has 0 radical (unpaired) electrons. The third kappa shape index (κ3) is 2.34. The predicted molar refractivity (Wildman–Crippen MR) is 60.8 cm³/mol. The lowest BCUT2D eigenvalue weighted by Crippen LogP contribution is -2.32. The average molecular weight is 278 g/mol. The molecule has 1 rings (SSSR count). The molecule has 1 heterocycles. The summed E-state index contributed by atoms with van der Waals surface area (Å²) >= 11 is 5.05. The Hall–Kier alpha value is -0.390. The molecule has 0 aliphatic carbocycles. The van der Waals surface area contributed by atoms with E-state index in [1.54, 1.807) is 11.3 Å². The van der Waals surface area contributed by atoms with Gasteiger partial charge in [0, 0.05) is 20.6 Å². The maximum Gasteiger partial charge on any atom is 0.320 e. The van der Waals surface area contributed by atoms with Gasteiger partial charge in [0.25, 0.3) is 0 Å². The zero-order valence-electron chi connectivity index (χ0n) is 8.00. The minimum Gasteiger partial charge on any atom is -0.480 e. The molecule has 1 unspecified atom stereocenters. The van der Waals surface area contributed by atoms with Crippen molar-refractivity contribution in [2.75, 3.05) is 0 Å². The van der Waals surface area contributed by atoms with Crippen LogP contribution in [-0.2, 0) is 11.2 Å². The smallest absolute Gasteiger partial charge is 0.320 e. The molecular weight excluding hydrogens is 266 g/mol. The fraction of sp³-hybridized carbons (Fsp3) is 0.444. The number of nitrogens with two attached hydrogens (primary N) is 1. The maximum absolute atomic E-state index is 10.6. The zero-order valence-corrected chi connectivity index (χ0v) is 10.4. The average Bonchev–Trinajstić information content (AvgIpc) is 2.33. The molecule has 1 atom stereocenters. The Morgan fingerprint density at radius 3 is 2.57 bits per heavy atom. The van der Waals surface area contributed by atoms with Crippen LogP contribution < -0.4 is 5.73 Å². The Morgan fingerprint density at radius 2 is 2.21 bits per heavy atom. The van der Waals surface area contributed by atoms with Gasteiger partial charge in [-0.25, -0.2) is 0 Å². The molecule has 78 valence electrons. The van der Waals surface area contributed by atoms with E-state index in [0.29, 0.717) is 6.42 Å². The van der Waals surface area contributed by atoms with Crippen molar-refractivity contribution in [1.29, 1.82) is 0 Å². The molecular formula is C9H12BrNO2S. The molecule has 0 saturated carbocycles. The van der Waals surface area contributed by atoms with E-state index in [-0.39, 0.29) is 0 Å². The van der Waals surface area contributed by atoms with Gasteiger partial charge in [-0.3, -0.25) is 4.79 Å². The SMILES string of the molecule is Cc1sc(CC(N)C(=O)O)c(C)c1Br. The number of thiophene rings is 1. The molecule has 0 aliphatic rings. The van der Waals surface area contributed by atoms with E-state index in [9.17, 15) is 4.79 Å². The molecule has 0 fully saturated rings. The van der Waals surface area contributed by atoms with Crippen molar-refractivity contribution in [1.82, 2.24) is 0 Å². The van der Waals surface area contributed by atoms with Crippen molar-refractivity contribution in [2.24, 2.45) is 5.73 Å². The normalized spacial score (nSPS) is 12.9. The van der Waals surface area contributed by atoms with Gasteiger partial charge in [-0.2, -0.15) is 0 Å². The Bertz CT molecular complexity index is 362. The molecule has 14 heavy (non-hydrogen) atoms. The van der Waals surface area contributed by atoms with E-state index in [2.05, 4.69) is 15.9 Å². The first-order valence-electron chi connectivity index (χ1n) is 4.16. The minimum atomic E-state index is -0.952. The Labute approximate surface area is 95.1 Å². The highest BCUT2D eigenvalue weighted by Gasteiger charge is 2.17. The largest absolute Gasteiger partial charge is 0.480 e. The van der Waals surface area contributed by atoms with Gasteiger partial charge in [0.2, 0.25) is 0 Å². The molecule has 0 spiro atoms. The van der Waals surface area contributed by atoms with Crippen LogP contribution in [0.15, 0.2) is 4.47 Å². The molecule has 0 saturated heterocycles. The molecule has 0 aromatic carbocycles. The van der Waals surface area contributed by atoms with E-state index < -0.39 is 12.0 Å². The van der Waals surface area contributed by atoms with Gasteiger partial charge in [0.1, 0.15) is 6.04 Å². The first kappa shape index (κ1) is 11.7. The maximum atomic E-state index is 10.6. The van der Waals surface area contributed by atoms with Gasteiger partial charge in [-0.15, -0.1) is 11.3 Å². The van der Waals surface area contributed by atoms with Crippen LogP contribution in [0.25, 0.3) is 0 Å². The van der Waals surface area contributed by atoms with Crippen molar-refractivity contribution in [3.8, 4) is 0 Å². The molecule has 0 amide bonds. The van der Waals surface area contributed by atoms with Crippen LogP contribution in [0.5, 0.6) is 0 Å². The van der Waals surface area contributed by atoms with Gasteiger partial charge >= 0.3 is 5.97 Å². The van der Waals surface area contributed by atoms with Crippen LogP contribution >= 0.6 is 27.3 Å². The number of aryl methyl sites for hydroxylation is 1. The molecule has 1 aromatic rings. The summed E-state index contributed by atoms with van der Waals surface area (Å²) in [5.74, 6) is -0.952. The minimum absolute atomic E-state index is 0.401. The van der Waals surface area contributed by atoms with Gasteiger partial charge in [0.05, 0.1) is 0 Å². The number of carboxylic acids is 1. The van der Waals surface area contributed by atoms with Crippen LogP contribution in [0.4, 0.5) is 0 Å². The summed E-state index contributed by atoms with van der Waals surface area (Å²) in [5.41, 5.74) is 6.57. The topological polar surface area (TPSA) is 63.3 Å². The number of aliphatic carboxylic acids is 1. The van der Waals surface area contributed by atoms with E-state index >= 15 is 0 Å². The van der Waals surface area contributed by atoms with E-state index in [1.807, 2.05) is 13.8 Å². The summed E-state index contributed by atoms with van der Waals surface area (Å²) in [6.45, 7) is 3.97. The summed E-state index contributed by atoms with van der Waals surface area (Å²) < 4.78 is 1.06. The molecule has 5 heteroatoms. The summed E-state index contributed by atoms with van der Waals surface area (Å²) in [5, 5.41) is 8.68. The third-order valence-electron chi connectivity index (χ3n) is 2.06. The summed E-state index contributed by atoms with van der Waals surface area (Å²) in [7, 11) is 0. The van der Waals surface area contributed by atoms with Crippen molar-refractivity contribution in [3.05, 3.63) is 19.8 Å². The quantitative estimate of drug-likeness (QED) is 0.889. The van der Waals surface area contributed by atoms with Crippen molar-refractivity contribution in [2.45, 2.75) is 26.3 Å². The lowest BCUT2D eigenvalue weighted by Gasteiger charge is -2.04. The molecule has 0 bridgehead atoms.